The lowest BCUT2D eigenvalue weighted by atomic mass is 9.69. The number of rotatable bonds is 5. The third-order valence-corrected chi connectivity index (χ3v) is 4.06. The van der Waals surface area contributed by atoms with E-state index < -0.39 is 22.2 Å². The highest BCUT2D eigenvalue weighted by atomic mass is 35.5. The molecule has 1 aliphatic rings. The maximum absolute atomic E-state index is 12.0. The largest absolute Gasteiger partial charge is 0.481 e. The number of aliphatic carboxylic acids is 1. The molecular weight excluding hydrogens is 300 g/mol. The van der Waals surface area contributed by atoms with Gasteiger partial charge in [0, 0.05) is 18.2 Å². The number of nitro groups is 1. The van der Waals surface area contributed by atoms with E-state index in [1.54, 1.807) is 0 Å². The molecule has 0 atom stereocenters. The highest BCUT2D eigenvalue weighted by Gasteiger charge is 2.44. The molecule has 0 aromatic heterocycles. The van der Waals surface area contributed by atoms with Crippen molar-refractivity contribution in [3.63, 3.8) is 0 Å². The molecule has 1 fully saturated rings. The van der Waals surface area contributed by atoms with E-state index in [1.165, 1.54) is 12.1 Å². The van der Waals surface area contributed by atoms with Gasteiger partial charge in [0.1, 0.15) is 5.02 Å². The summed E-state index contributed by atoms with van der Waals surface area (Å²) in [5, 5.41) is 22.2. The molecule has 0 saturated heterocycles. The van der Waals surface area contributed by atoms with Crippen LogP contribution in [0.4, 0.5) is 5.69 Å². The lowest BCUT2D eigenvalue weighted by Gasteiger charge is -2.37. The van der Waals surface area contributed by atoms with Gasteiger partial charge in [0.15, 0.2) is 0 Å². The number of carbonyl (C=O) groups is 2. The van der Waals surface area contributed by atoms with Gasteiger partial charge >= 0.3 is 5.97 Å². The lowest BCUT2D eigenvalue weighted by Crippen LogP contribution is -2.47. The molecule has 1 amide bonds. The van der Waals surface area contributed by atoms with Crippen molar-refractivity contribution in [3.8, 4) is 0 Å². The van der Waals surface area contributed by atoms with Crippen LogP contribution in [-0.2, 0) is 4.79 Å². The van der Waals surface area contributed by atoms with Crippen molar-refractivity contribution in [2.75, 3.05) is 6.54 Å². The maximum Gasteiger partial charge on any atom is 0.311 e. The Morgan fingerprint density at radius 3 is 2.52 bits per heavy atom. The van der Waals surface area contributed by atoms with Crippen molar-refractivity contribution in [1.29, 1.82) is 0 Å². The second kappa shape index (κ2) is 5.69. The standard InChI is InChI=1S/C13H13ClN2O5/c14-9-6-8(2-3-10(9)16(20)21)11(17)15-7-13(12(18)19)4-1-5-13/h2-3,6H,1,4-5,7H2,(H,15,17)(H,18,19). The van der Waals surface area contributed by atoms with Crippen LogP contribution in [0.25, 0.3) is 0 Å². The number of benzene rings is 1. The Kier molecular flexibility index (Phi) is 4.13. The van der Waals surface area contributed by atoms with E-state index in [0.29, 0.717) is 12.8 Å². The van der Waals surface area contributed by atoms with Gasteiger partial charge in [-0.15, -0.1) is 0 Å². The molecule has 112 valence electrons. The first-order valence-corrected chi connectivity index (χ1v) is 6.69. The SMILES string of the molecule is O=C(NCC1(C(=O)O)CCC1)c1ccc([N+](=O)[O-])c(Cl)c1. The average molecular weight is 313 g/mol. The van der Waals surface area contributed by atoms with Gasteiger partial charge in [-0.25, -0.2) is 0 Å². The summed E-state index contributed by atoms with van der Waals surface area (Å²) in [4.78, 5) is 33.1. The quantitative estimate of drug-likeness (QED) is 0.640. The van der Waals surface area contributed by atoms with E-state index in [1.807, 2.05) is 0 Å². The molecule has 1 aromatic rings. The van der Waals surface area contributed by atoms with Gasteiger partial charge in [0.05, 0.1) is 10.3 Å². The van der Waals surface area contributed by atoms with E-state index in [2.05, 4.69) is 5.32 Å². The Morgan fingerprint density at radius 2 is 2.10 bits per heavy atom. The number of carboxylic acids is 1. The Hall–Kier alpha value is -2.15. The molecule has 0 aliphatic heterocycles. The van der Waals surface area contributed by atoms with Crippen LogP contribution in [0.5, 0.6) is 0 Å². The van der Waals surface area contributed by atoms with Gasteiger partial charge in [-0.05, 0) is 25.0 Å². The van der Waals surface area contributed by atoms with Gasteiger partial charge < -0.3 is 10.4 Å². The molecule has 0 heterocycles. The molecule has 21 heavy (non-hydrogen) atoms. The third-order valence-electron chi connectivity index (χ3n) is 3.76. The number of hydrogen-bond donors (Lipinski definition) is 2. The summed E-state index contributed by atoms with van der Waals surface area (Å²) in [5.41, 5.74) is -1.01. The summed E-state index contributed by atoms with van der Waals surface area (Å²) >= 11 is 5.73. The fourth-order valence-corrected chi connectivity index (χ4v) is 2.47. The molecule has 0 radical (unpaired) electrons. The first kappa shape index (κ1) is 15.2. The molecule has 2 N–H and O–H groups in total. The van der Waals surface area contributed by atoms with Gasteiger partial charge in [-0.3, -0.25) is 19.7 Å². The van der Waals surface area contributed by atoms with E-state index in [9.17, 15) is 19.7 Å². The Bertz CT molecular complexity index is 613. The minimum atomic E-state index is -0.921. The van der Waals surface area contributed by atoms with Crippen LogP contribution in [0.15, 0.2) is 18.2 Å². The van der Waals surface area contributed by atoms with E-state index in [0.717, 1.165) is 12.5 Å². The predicted molar refractivity (Wildman–Crippen MR) is 74.4 cm³/mol. The molecule has 2 rings (SSSR count). The monoisotopic (exact) mass is 312 g/mol. The number of hydrogen-bond acceptors (Lipinski definition) is 4. The van der Waals surface area contributed by atoms with Crippen LogP contribution in [-0.4, -0.2) is 28.5 Å². The highest BCUT2D eigenvalue weighted by Crippen LogP contribution is 2.40. The predicted octanol–water partition coefficient (Wildman–Crippen LogP) is 2.23. The van der Waals surface area contributed by atoms with Crippen LogP contribution in [0.2, 0.25) is 5.02 Å². The van der Waals surface area contributed by atoms with E-state index in [4.69, 9.17) is 16.7 Å². The normalized spacial score (nSPS) is 15.9. The number of carboxylic acid groups (broad SMARTS) is 1. The zero-order chi connectivity index (χ0) is 15.6. The van der Waals surface area contributed by atoms with Gasteiger partial charge in [0.2, 0.25) is 0 Å². The molecule has 7 nitrogen and oxygen atoms in total. The number of halogens is 1. The van der Waals surface area contributed by atoms with Crippen LogP contribution in [0.1, 0.15) is 29.6 Å². The fourth-order valence-electron chi connectivity index (χ4n) is 2.22. The number of amides is 1. The number of carbonyl (C=O) groups excluding carboxylic acids is 1. The number of nitro benzene ring substituents is 1. The second-order valence-electron chi connectivity index (χ2n) is 5.05. The Balaban J connectivity index is 2.06. The molecule has 1 aromatic carbocycles. The molecule has 0 bridgehead atoms. The topological polar surface area (TPSA) is 110 Å². The number of nitrogens with one attached hydrogen (secondary N) is 1. The summed E-state index contributed by atoms with van der Waals surface area (Å²) in [6, 6.07) is 3.63. The summed E-state index contributed by atoms with van der Waals surface area (Å²) in [6.07, 6.45) is 1.89. The van der Waals surface area contributed by atoms with E-state index in [-0.39, 0.29) is 22.8 Å². The lowest BCUT2D eigenvalue weighted by molar-refractivity contribution is -0.384. The van der Waals surface area contributed by atoms with Gasteiger partial charge in [0.25, 0.3) is 11.6 Å². The minimum absolute atomic E-state index is 0.0375. The van der Waals surface area contributed by atoms with Crippen LogP contribution in [0, 0.1) is 15.5 Å². The molecular formula is C13H13ClN2O5. The molecule has 0 unspecified atom stereocenters. The summed E-state index contributed by atoms with van der Waals surface area (Å²) in [5.74, 6) is -1.42. The van der Waals surface area contributed by atoms with E-state index >= 15 is 0 Å². The first-order chi connectivity index (χ1) is 9.85. The minimum Gasteiger partial charge on any atom is -0.481 e. The average Bonchev–Trinajstić information content (AvgIpc) is 2.36. The van der Waals surface area contributed by atoms with Crippen molar-refractivity contribution >= 4 is 29.2 Å². The maximum atomic E-state index is 12.0. The van der Waals surface area contributed by atoms with Crippen molar-refractivity contribution in [1.82, 2.24) is 5.32 Å². The van der Waals surface area contributed by atoms with Crippen molar-refractivity contribution in [2.45, 2.75) is 19.3 Å². The van der Waals surface area contributed by atoms with Crippen LogP contribution < -0.4 is 5.32 Å². The second-order valence-corrected chi connectivity index (χ2v) is 5.45. The van der Waals surface area contributed by atoms with Crippen molar-refractivity contribution in [2.24, 2.45) is 5.41 Å². The molecule has 0 spiro atoms. The zero-order valence-electron chi connectivity index (χ0n) is 11.0. The summed E-state index contributed by atoms with van der Waals surface area (Å²) < 4.78 is 0. The Morgan fingerprint density at radius 1 is 1.43 bits per heavy atom. The first-order valence-electron chi connectivity index (χ1n) is 6.31. The summed E-state index contributed by atoms with van der Waals surface area (Å²) in [6.45, 7) is 0.0375. The van der Waals surface area contributed by atoms with Crippen LogP contribution in [0.3, 0.4) is 0 Å². The molecule has 1 saturated carbocycles. The van der Waals surface area contributed by atoms with Crippen molar-refractivity contribution < 1.29 is 19.6 Å². The highest BCUT2D eigenvalue weighted by molar-refractivity contribution is 6.33. The zero-order valence-corrected chi connectivity index (χ0v) is 11.7. The molecule has 1 aliphatic carbocycles. The van der Waals surface area contributed by atoms with Crippen molar-refractivity contribution in [3.05, 3.63) is 38.9 Å². The Labute approximate surface area is 125 Å². The fraction of sp³-hybridized carbons (Fsp3) is 0.385. The number of nitrogens with zero attached hydrogens (tertiary/aromatic N) is 1. The van der Waals surface area contributed by atoms with Crippen LogP contribution >= 0.6 is 11.6 Å². The third kappa shape index (κ3) is 2.97. The summed E-state index contributed by atoms with van der Waals surface area (Å²) in [7, 11) is 0. The molecule has 8 heteroatoms. The van der Waals surface area contributed by atoms with Gasteiger partial charge in [-0.1, -0.05) is 18.0 Å². The smallest absolute Gasteiger partial charge is 0.311 e. The van der Waals surface area contributed by atoms with Gasteiger partial charge in [-0.2, -0.15) is 0 Å².